The standard InChI is InChI=1S/C23H27ClN8O/c1-23(2,3)20(22(31-15-26-14-27-31)33-18-12-10-17(24)11-13-18)32-21(28-29-30-32)19(25-4)16-8-6-5-7-9-16/h5-15,19-20,22,25H,1-4H3/t19-,20-,22-/m1/s1. The zero-order chi connectivity index (χ0) is 23.4. The van der Waals surface area contributed by atoms with E-state index in [0.29, 0.717) is 16.6 Å². The average molecular weight is 467 g/mol. The van der Waals surface area contributed by atoms with E-state index in [-0.39, 0.29) is 17.5 Å². The van der Waals surface area contributed by atoms with E-state index in [1.807, 2.05) is 54.2 Å². The maximum absolute atomic E-state index is 6.47. The van der Waals surface area contributed by atoms with Gasteiger partial charge >= 0.3 is 0 Å². The van der Waals surface area contributed by atoms with Crippen molar-refractivity contribution in [3.63, 3.8) is 0 Å². The second-order valence-corrected chi connectivity index (χ2v) is 9.20. The summed E-state index contributed by atoms with van der Waals surface area (Å²) in [6.45, 7) is 6.36. The molecule has 0 fully saturated rings. The Hall–Kier alpha value is -3.30. The molecule has 4 aromatic rings. The lowest BCUT2D eigenvalue weighted by Gasteiger charge is -2.37. The lowest BCUT2D eigenvalue weighted by molar-refractivity contribution is -0.000729. The summed E-state index contributed by atoms with van der Waals surface area (Å²) in [5.74, 6) is 1.32. The van der Waals surface area contributed by atoms with Crippen LogP contribution in [0.1, 0.15) is 50.5 Å². The number of ether oxygens (including phenoxy) is 1. The number of tetrazole rings is 1. The number of aromatic nitrogens is 7. The van der Waals surface area contributed by atoms with Crippen LogP contribution in [0.3, 0.4) is 0 Å². The Morgan fingerprint density at radius 1 is 1.03 bits per heavy atom. The van der Waals surface area contributed by atoms with E-state index in [2.05, 4.69) is 51.7 Å². The van der Waals surface area contributed by atoms with Crippen LogP contribution in [0.2, 0.25) is 5.02 Å². The molecule has 0 unspecified atom stereocenters. The molecule has 0 radical (unpaired) electrons. The molecule has 1 N–H and O–H groups in total. The summed E-state index contributed by atoms with van der Waals surface area (Å²) in [5.41, 5.74) is 0.738. The van der Waals surface area contributed by atoms with Gasteiger partial charge in [-0.2, -0.15) is 5.10 Å². The Balaban J connectivity index is 1.81. The van der Waals surface area contributed by atoms with Gasteiger partial charge in [-0.1, -0.05) is 62.7 Å². The van der Waals surface area contributed by atoms with Crippen LogP contribution < -0.4 is 10.1 Å². The SMILES string of the molecule is CN[C@H](c1ccccc1)c1nnnn1[C@H]([C@@H](Oc1ccc(Cl)cc1)n1cncn1)C(C)(C)C. The highest BCUT2D eigenvalue weighted by atomic mass is 35.5. The maximum atomic E-state index is 6.47. The van der Waals surface area contributed by atoms with Gasteiger partial charge in [0.05, 0.1) is 6.04 Å². The molecule has 2 heterocycles. The minimum atomic E-state index is -0.579. The second kappa shape index (κ2) is 9.68. The highest BCUT2D eigenvalue weighted by Crippen LogP contribution is 2.41. The first-order valence-corrected chi connectivity index (χ1v) is 11.0. The number of rotatable bonds is 8. The highest BCUT2D eigenvalue weighted by Gasteiger charge is 2.41. The van der Waals surface area contributed by atoms with Crippen molar-refractivity contribution < 1.29 is 4.74 Å². The number of nitrogens with zero attached hydrogens (tertiary/aromatic N) is 7. The van der Waals surface area contributed by atoms with E-state index < -0.39 is 6.23 Å². The van der Waals surface area contributed by atoms with Gasteiger partial charge < -0.3 is 10.1 Å². The molecule has 10 heteroatoms. The fourth-order valence-electron chi connectivity index (χ4n) is 3.86. The van der Waals surface area contributed by atoms with Gasteiger partial charge in [-0.3, -0.25) is 0 Å². The monoisotopic (exact) mass is 466 g/mol. The van der Waals surface area contributed by atoms with Crippen LogP contribution in [0.25, 0.3) is 0 Å². The molecule has 33 heavy (non-hydrogen) atoms. The molecule has 0 aliphatic rings. The van der Waals surface area contributed by atoms with Crippen molar-refractivity contribution >= 4 is 11.6 Å². The Kier molecular flexibility index (Phi) is 6.71. The van der Waals surface area contributed by atoms with E-state index in [0.717, 1.165) is 5.56 Å². The van der Waals surface area contributed by atoms with Crippen molar-refractivity contribution in [2.75, 3.05) is 7.05 Å². The summed E-state index contributed by atoms with van der Waals surface area (Å²) in [5, 5.41) is 21.2. The van der Waals surface area contributed by atoms with E-state index in [4.69, 9.17) is 16.3 Å². The molecule has 4 rings (SSSR count). The minimum absolute atomic E-state index is 0.210. The third kappa shape index (κ3) is 5.04. The van der Waals surface area contributed by atoms with Crippen LogP contribution in [0.4, 0.5) is 0 Å². The molecule has 2 aromatic heterocycles. The normalized spacial score (nSPS) is 14.6. The second-order valence-electron chi connectivity index (χ2n) is 8.76. The van der Waals surface area contributed by atoms with Gasteiger partial charge in [0, 0.05) is 5.02 Å². The first-order valence-electron chi connectivity index (χ1n) is 10.6. The van der Waals surface area contributed by atoms with Gasteiger partial charge in [0.1, 0.15) is 24.4 Å². The summed E-state index contributed by atoms with van der Waals surface area (Å²) >= 11 is 6.07. The number of benzene rings is 2. The topological polar surface area (TPSA) is 95.6 Å². The smallest absolute Gasteiger partial charge is 0.215 e. The molecule has 172 valence electrons. The summed E-state index contributed by atoms with van der Waals surface area (Å²) in [6, 6.07) is 16.8. The Morgan fingerprint density at radius 2 is 1.76 bits per heavy atom. The van der Waals surface area contributed by atoms with Crippen molar-refractivity contribution in [3.05, 3.63) is 83.7 Å². The van der Waals surface area contributed by atoms with Crippen LogP contribution in [-0.4, -0.2) is 42.0 Å². The first kappa shape index (κ1) is 22.9. The number of hydrogen-bond donors (Lipinski definition) is 1. The van der Waals surface area contributed by atoms with Crippen LogP contribution >= 0.6 is 11.6 Å². The third-order valence-corrected chi connectivity index (χ3v) is 5.64. The lowest BCUT2D eigenvalue weighted by Crippen LogP contribution is -2.39. The maximum Gasteiger partial charge on any atom is 0.215 e. The summed E-state index contributed by atoms with van der Waals surface area (Å²) < 4.78 is 9.98. The Morgan fingerprint density at radius 3 is 2.36 bits per heavy atom. The van der Waals surface area contributed by atoms with E-state index in [9.17, 15) is 0 Å². The predicted octanol–water partition coefficient (Wildman–Crippen LogP) is 4.09. The molecule has 0 spiro atoms. The summed E-state index contributed by atoms with van der Waals surface area (Å²) in [7, 11) is 1.89. The molecule has 0 bridgehead atoms. The Bertz CT molecular complexity index is 1140. The molecular weight excluding hydrogens is 440 g/mol. The van der Waals surface area contributed by atoms with Crippen LogP contribution in [0.5, 0.6) is 5.75 Å². The van der Waals surface area contributed by atoms with Crippen LogP contribution in [0.15, 0.2) is 67.3 Å². The van der Waals surface area contributed by atoms with Gasteiger partial charge in [-0.15, -0.1) is 5.10 Å². The fraction of sp³-hybridized carbons (Fsp3) is 0.348. The molecule has 0 aliphatic carbocycles. The van der Waals surface area contributed by atoms with Gasteiger partial charge in [-0.25, -0.2) is 14.3 Å². The van der Waals surface area contributed by atoms with Crippen molar-refractivity contribution in [2.24, 2.45) is 5.41 Å². The number of hydrogen-bond acceptors (Lipinski definition) is 7. The van der Waals surface area contributed by atoms with Crippen LogP contribution in [0, 0.1) is 5.41 Å². The van der Waals surface area contributed by atoms with Crippen molar-refractivity contribution in [2.45, 2.75) is 39.1 Å². The molecule has 2 aromatic carbocycles. The summed E-state index contributed by atoms with van der Waals surface area (Å²) in [6.07, 6.45) is 2.54. The average Bonchev–Trinajstić information content (AvgIpc) is 3.48. The van der Waals surface area contributed by atoms with E-state index in [1.165, 1.54) is 6.33 Å². The van der Waals surface area contributed by atoms with Crippen molar-refractivity contribution in [3.8, 4) is 5.75 Å². The fourth-order valence-corrected chi connectivity index (χ4v) is 3.98. The quantitative estimate of drug-likeness (QED) is 0.417. The zero-order valence-corrected chi connectivity index (χ0v) is 19.8. The highest BCUT2D eigenvalue weighted by molar-refractivity contribution is 6.30. The summed E-state index contributed by atoms with van der Waals surface area (Å²) in [4.78, 5) is 4.14. The predicted molar refractivity (Wildman–Crippen MR) is 125 cm³/mol. The van der Waals surface area contributed by atoms with Gasteiger partial charge in [-0.05, 0) is 52.7 Å². The molecule has 0 aliphatic heterocycles. The zero-order valence-electron chi connectivity index (χ0n) is 19.0. The van der Waals surface area contributed by atoms with Gasteiger partial charge in [0.15, 0.2) is 5.82 Å². The van der Waals surface area contributed by atoms with Gasteiger partial charge in [0.2, 0.25) is 6.23 Å². The van der Waals surface area contributed by atoms with Gasteiger partial charge in [0.25, 0.3) is 0 Å². The van der Waals surface area contributed by atoms with Crippen molar-refractivity contribution in [1.29, 1.82) is 0 Å². The molecule has 0 saturated heterocycles. The number of halogens is 1. The Labute approximate surface area is 197 Å². The molecule has 3 atom stereocenters. The first-order chi connectivity index (χ1) is 15.9. The van der Waals surface area contributed by atoms with Crippen molar-refractivity contribution in [1.82, 2.24) is 40.3 Å². The molecule has 9 nitrogen and oxygen atoms in total. The van der Waals surface area contributed by atoms with E-state index >= 15 is 0 Å². The van der Waals surface area contributed by atoms with Crippen LogP contribution in [-0.2, 0) is 0 Å². The molecular formula is C23H27ClN8O. The van der Waals surface area contributed by atoms with E-state index in [1.54, 1.807) is 23.1 Å². The largest absolute Gasteiger partial charge is 0.466 e. The molecule has 0 saturated carbocycles. The number of nitrogens with one attached hydrogen (secondary N) is 1. The minimum Gasteiger partial charge on any atom is -0.466 e. The molecule has 0 amide bonds. The lowest BCUT2D eigenvalue weighted by atomic mass is 9.85. The third-order valence-electron chi connectivity index (χ3n) is 5.39.